The Morgan fingerprint density at radius 1 is 1.37 bits per heavy atom. The molecule has 0 unspecified atom stereocenters. The van der Waals surface area contributed by atoms with Crippen LogP contribution in [-0.4, -0.2) is 11.1 Å². The maximum absolute atomic E-state index is 10.4. The number of rotatable bonds is 5. The van der Waals surface area contributed by atoms with Gasteiger partial charge in [-0.05, 0) is 35.9 Å². The van der Waals surface area contributed by atoms with Gasteiger partial charge in [-0.3, -0.25) is 0 Å². The van der Waals surface area contributed by atoms with E-state index in [2.05, 4.69) is 0 Å². The zero-order valence-corrected chi connectivity index (χ0v) is 11.4. The Kier molecular flexibility index (Phi) is 4.60. The first-order chi connectivity index (χ1) is 9.13. The number of thiophene rings is 1. The van der Waals surface area contributed by atoms with E-state index in [1.165, 1.54) is 17.4 Å². The highest BCUT2D eigenvalue weighted by atomic mass is 35.5. The fourth-order valence-corrected chi connectivity index (χ4v) is 2.46. The van der Waals surface area contributed by atoms with Gasteiger partial charge in [0.25, 0.3) is 0 Å². The van der Waals surface area contributed by atoms with E-state index >= 15 is 0 Å². The molecule has 2 rings (SSSR count). The second kappa shape index (κ2) is 6.41. The number of aliphatic carboxylic acids is 1. The first-order valence-electron chi connectivity index (χ1n) is 5.51. The molecule has 0 radical (unpaired) electrons. The van der Waals surface area contributed by atoms with Gasteiger partial charge in [0.2, 0.25) is 0 Å². The molecule has 1 aromatic carbocycles. The molecule has 1 N–H and O–H groups in total. The van der Waals surface area contributed by atoms with Crippen LogP contribution < -0.4 is 4.74 Å². The van der Waals surface area contributed by atoms with Crippen molar-refractivity contribution in [2.75, 3.05) is 0 Å². The highest BCUT2D eigenvalue weighted by Crippen LogP contribution is 2.23. The van der Waals surface area contributed by atoms with Crippen LogP contribution in [0.2, 0.25) is 4.34 Å². The molecule has 3 nitrogen and oxygen atoms in total. The van der Waals surface area contributed by atoms with Gasteiger partial charge in [-0.2, -0.15) is 0 Å². The zero-order chi connectivity index (χ0) is 13.7. The largest absolute Gasteiger partial charge is 0.488 e. The lowest BCUT2D eigenvalue weighted by atomic mass is 10.2. The third kappa shape index (κ3) is 4.43. The normalized spacial score (nSPS) is 10.8. The maximum atomic E-state index is 10.4. The molecule has 0 fully saturated rings. The summed E-state index contributed by atoms with van der Waals surface area (Å²) < 4.78 is 6.36. The van der Waals surface area contributed by atoms with Crippen LogP contribution in [-0.2, 0) is 11.4 Å². The number of hydrogen-bond acceptors (Lipinski definition) is 3. The summed E-state index contributed by atoms with van der Waals surface area (Å²) in [5, 5.41) is 8.57. The quantitative estimate of drug-likeness (QED) is 0.845. The number of benzene rings is 1. The van der Waals surface area contributed by atoms with Gasteiger partial charge < -0.3 is 9.84 Å². The summed E-state index contributed by atoms with van der Waals surface area (Å²) in [5.74, 6) is -0.281. The summed E-state index contributed by atoms with van der Waals surface area (Å²) in [6, 6.07) is 11.0. The summed E-state index contributed by atoms with van der Waals surface area (Å²) in [7, 11) is 0. The highest BCUT2D eigenvalue weighted by molar-refractivity contribution is 7.16. The van der Waals surface area contributed by atoms with Gasteiger partial charge in [-0.1, -0.05) is 23.7 Å². The predicted octanol–water partition coefficient (Wildman–Crippen LogP) is 4.08. The van der Waals surface area contributed by atoms with Crippen molar-refractivity contribution in [3.05, 3.63) is 57.3 Å². The van der Waals surface area contributed by atoms with E-state index < -0.39 is 5.97 Å². The lowest BCUT2D eigenvalue weighted by molar-refractivity contribution is -0.131. The van der Waals surface area contributed by atoms with Crippen molar-refractivity contribution in [3.63, 3.8) is 0 Å². The molecule has 2 aromatic rings. The Morgan fingerprint density at radius 3 is 2.89 bits per heavy atom. The van der Waals surface area contributed by atoms with Crippen LogP contribution in [0.5, 0.6) is 5.75 Å². The van der Waals surface area contributed by atoms with Gasteiger partial charge in [0.05, 0.1) is 4.34 Å². The van der Waals surface area contributed by atoms with Crippen molar-refractivity contribution in [2.24, 2.45) is 0 Å². The topological polar surface area (TPSA) is 46.5 Å². The Morgan fingerprint density at radius 2 is 2.21 bits per heavy atom. The first kappa shape index (κ1) is 13.6. The van der Waals surface area contributed by atoms with Gasteiger partial charge in [0, 0.05) is 11.0 Å². The van der Waals surface area contributed by atoms with Gasteiger partial charge >= 0.3 is 5.97 Å². The minimum absolute atomic E-state index is 0.448. The highest BCUT2D eigenvalue weighted by Gasteiger charge is 2.00. The van der Waals surface area contributed by atoms with Gasteiger partial charge in [0.15, 0.2) is 0 Å². The van der Waals surface area contributed by atoms with Gasteiger partial charge in [-0.15, -0.1) is 11.3 Å². The number of carboxylic acids is 1. The summed E-state index contributed by atoms with van der Waals surface area (Å²) in [4.78, 5) is 11.5. The summed E-state index contributed by atoms with van der Waals surface area (Å²) >= 11 is 7.31. The van der Waals surface area contributed by atoms with E-state index in [0.29, 0.717) is 12.4 Å². The van der Waals surface area contributed by atoms with Crippen molar-refractivity contribution in [3.8, 4) is 5.75 Å². The van der Waals surface area contributed by atoms with Crippen LogP contribution in [0.1, 0.15) is 10.4 Å². The second-order valence-corrected chi connectivity index (χ2v) is 5.54. The van der Waals surface area contributed by atoms with E-state index in [0.717, 1.165) is 20.9 Å². The summed E-state index contributed by atoms with van der Waals surface area (Å²) in [6.45, 7) is 0.448. The Balaban J connectivity index is 2.00. The van der Waals surface area contributed by atoms with Crippen molar-refractivity contribution in [1.29, 1.82) is 0 Å². The van der Waals surface area contributed by atoms with E-state index in [9.17, 15) is 4.79 Å². The molecular weight excluding hydrogens is 284 g/mol. The minimum Gasteiger partial charge on any atom is -0.488 e. The average Bonchev–Trinajstić information content (AvgIpc) is 2.80. The summed E-state index contributed by atoms with van der Waals surface area (Å²) in [6.07, 6.45) is 2.62. The zero-order valence-electron chi connectivity index (χ0n) is 9.88. The van der Waals surface area contributed by atoms with Crippen molar-refractivity contribution < 1.29 is 14.6 Å². The molecule has 0 saturated carbocycles. The standard InChI is InChI=1S/C14H11ClO3S/c15-13-6-5-12(19-13)9-18-11-3-1-2-10(8-11)4-7-14(16)17/h1-8H,9H2,(H,16,17)/b7-4+. The van der Waals surface area contributed by atoms with Crippen molar-refractivity contribution >= 4 is 35.0 Å². The molecular formula is C14H11ClO3S. The fraction of sp³-hybridized carbons (Fsp3) is 0.0714. The number of ether oxygens (including phenoxy) is 1. The average molecular weight is 295 g/mol. The molecule has 0 saturated heterocycles. The number of carboxylic acid groups (broad SMARTS) is 1. The molecule has 0 aliphatic rings. The lowest BCUT2D eigenvalue weighted by Crippen LogP contribution is -1.93. The second-order valence-electron chi connectivity index (χ2n) is 3.74. The SMILES string of the molecule is O=C(O)/C=C/c1cccc(OCc2ccc(Cl)s2)c1. The monoisotopic (exact) mass is 294 g/mol. The van der Waals surface area contributed by atoms with E-state index in [4.69, 9.17) is 21.4 Å². The smallest absolute Gasteiger partial charge is 0.328 e. The van der Waals surface area contributed by atoms with E-state index in [1.54, 1.807) is 6.07 Å². The number of halogens is 1. The third-order valence-electron chi connectivity index (χ3n) is 2.29. The Bertz CT molecular complexity index is 604. The molecule has 98 valence electrons. The Hall–Kier alpha value is -1.78. The van der Waals surface area contributed by atoms with Crippen LogP contribution >= 0.6 is 22.9 Å². The van der Waals surface area contributed by atoms with Crippen LogP contribution in [0, 0.1) is 0 Å². The number of carbonyl (C=O) groups is 1. The molecule has 5 heteroatoms. The first-order valence-corrected chi connectivity index (χ1v) is 6.71. The molecule has 0 atom stereocenters. The van der Waals surface area contributed by atoms with Gasteiger partial charge in [0.1, 0.15) is 12.4 Å². The Labute approximate surface area is 119 Å². The van der Waals surface area contributed by atoms with Gasteiger partial charge in [-0.25, -0.2) is 4.79 Å². The molecule has 1 heterocycles. The number of hydrogen-bond donors (Lipinski definition) is 1. The van der Waals surface area contributed by atoms with Crippen LogP contribution in [0.25, 0.3) is 6.08 Å². The third-order valence-corrected chi connectivity index (χ3v) is 3.49. The van der Waals surface area contributed by atoms with Crippen molar-refractivity contribution in [1.82, 2.24) is 0 Å². The fourth-order valence-electron chi connectivity index (χ4n) is 1.46. The molecule has 0 aliphatic carbocycles. The van der Waals surface area contributed by atoms with Crippen molar-refractivity contribution in [2.45, 2.75) is 6.61 Å². The van der Waals surface area contributed by atoms with E-state index in [-0.39, 0.29) is 0 Å². The molecule has 0 bridgehead atoms. The summed E-state index contributed by atoms with van der Waals surface area (Å²) in [5.41, 5.74) is 0.782. The molecule has 0 aliphatic heterocycles. The molecule has 0 amide bonds. The molecule has 0 spiro atoms. The predicted molar refractivity (Wildman–Crippen MR) is 76.8 cm³/mol. The van der Waals surface area contributed by atoms with Crippen LogP contribution in [0.4, 0.5) is 0 Å². The van der Waals surface area contributed by atoms with Crippen LogP contribution in [0.3, 0.4) is 0 Å². The molecule has 1 aromatic heterocycles. The molecule has 19 heavy (non-hydrogen) atoms. The minimum atomic E-state index is -0.973. The van der Waals surface area contributed by atoms with E-state index in [1.807, 2.05) is 30.3 Å². The van der Waals surface area contributed by atoms with Crippen LogP contribution in [0.15, 0.2) is 42.5 Å². The lowest BCUT2D eigenvalue weighted by Gasteiger charge is -2.05. The maximum Gasteiger partial charge on any atom is 0.328 e.